The lowest BCUT2D eigenvalue weighted by atomic mass is 9.84. The SMILES string of the molecule is COc1ccc(N2CCN(CC[C@H]3CC[C@H](N)CC3)CC2)c(Cl)c1Cl.Cl.Cl. The molecule has 0 unspecified atom stereocenters. The molecule has 2 N–H and O–H groups in total. The van der Waals surface area contributed by atoms with Gasteiger partial charge in [0, 0.05) is 32.2 Å². The molecule has 2 aliphatic rings. The minimum atomic E-state index is 0. The molecule has 1 aromatic rings. The molecule has 3 rings (SSSR count). The smallest absolute Gasteiger partial charge is 0.139 e. The molecular formula is C19H31Cl4N3O. The van der Waals surface area contributed by atoms with Gasteiger partial charge in [-0.25, -0.2) is 0 Å². The topological polar surface area (TPSA) is 41.7 Å². The van der Waals surface area contributed by atoms with E-state index in [0.717, 1.165) is 37.8 Å². The number of piperazine rings is 1. The summed E-state index contributed by atoms with van der Waals surface area (Å²) in [6.07, 6.45) is 6.33. The lowest BCUT2D eigenvalue weighted by Crippen LogP contribution is -2.47. The Morgan fingerprint density at radius 2 is 1.63 bits per heavy atom. The van der Waals surface area contributed by atoms with Crippen LogP contribution in [0.4, 0.5) is 5.69 Å². The summed E-state index contributed by atoms with van der Waals surface area (Å²) >= 11 is 12.7. The Kier molecular flexibility index (Phi) is 10.9. The fourth-order valence-electron chi connectivity index (χ4n) is 3.98. The first-order chi connectivity index (χ1) is 12.1. The summed E-state index contributed by atoms with van der Waals surface area (Å²) in [5.74, 6) is 1.49. The highest BCUT2D eigenvalue weighted by Gasteiger charge is 2.23. The van der Waals surface area contributed by atoms with Crippen molar-refractivity contribution in [3.05, 3.63) is 22.2 Å². The Morgan fingerprint density at radius 1 is 1.00 bits per heavy atom. The second-order valence-electron chi connectivity index (χ2n) is 7.31. The van der Waals surface area contributed by atoms with Crippen LogP contribution in [0.1, 0.15) is 32.1 Å². The van der Waals surface area contributed by atoms with Gasteiger partial charge in [0.05, 0.1) is 17.8 Å². The van der Waals surface area contributed by atoms with Gasteiger partial charge in [0.15, 0.2) is 0 Å². The molecule has 0 amide bonds. The number of methoxy groups -OCH3 is 1. The lowest BCUT2D eigenvalue weighted by molar-refractivity contribution is 0.217. The molecule has 0 aromatic heterocycles. The molecule has 27 heavy (non-hydrogen) atoms. The summed E-state index contributed by atoms with van der Waals surface area (Å²) in [6, 6.07) is 4.35. The van der Waals surface area contributed by atoms with Crippen LogP contribution in [0.15, 0.2) is 12.1 Å². The molecular weight excluding hydrogens is 428 g/mol. The first kappa shape index (κ1) is 24.9. The predicted molar refractivity (Wildman–Crippen MR) is 121 cm³/mol. The van der Waals surface area contributed by atoms with Crippen LogP contribution in [0.3, 0.4) is 0 Å². The van der Waals surface area contributed by atoms with Gasteiger partial charge in [0.25, 0.3) is 0 Å². The molecule has 0 bridgehead atoms. The van der Waals surface area contributed by atoms with Crippen LogP contribution < -0.4 is 15.4 Å². The molecule has 0 spiro atoms. The molecule has 0 atom stereocenters. The van der Waals surface area contributed by atoms with Gasteiger partial charge in [0.2, 0.25) is 0 Å². The van der Waals surface area contributed by atoms with Crippen LogP contribution in [0, 0.1) is 5.92 Å². The third kappa shape index (κ3) is 6.45. The zero-order chi connectivity index (χ0) is 17.8. The number of benzene rings is 1. The van der Waals surface area contributed by atoms with Crippen molar-refractivity contribution in [2.45, 2.75) is 38.1 Å². The molecule has 1 saturated heterocycles. The van der Waals surface area contributed by atoms with E-state index in [2.05, 4.69) is 9.80 Å². The van der Waals surface area contributed by atoms with Gasteiger partial charge in [-0.2, -0.15) is 0 Å². The largest absolute Gasteiger partial charge is 0.495 e. The van der Waals surface area contributed by atoms with Crippen LogP contribution >= 0.6 is 48.0 Å². The fourth-order valence-corrected chi connectivity index (χ4v) is 4.49. The van der Waals surface area contributed by atoms with Crippen LogP contribution in [0.5, 0.6) is 5.75 Å². The van der Waals surface area contributed by atoms with E-state index >= 15 is 0 Å². The van der Waals surface area contributed by atoms with E-state index in [1.165, 1.54) is 38.6 Å². The van der Waals surface area contributed by atoms with Gasteiger partial charge in [0.1, 0.15) is 10.8 Å². The summed E-state index contributed by atoms with van der Waals surface area (Å²) < 4.78 is 5.23. The molecule has 4 nitrogen and oxygen atoms in total. The van der Waals surface area contributed by atoms with Crippen molar-refractivity contribution < 1.29 is 4.74 Å². The van der Waals surface area contributed by atoms with Crippen molar-refractivity contribution in [1.82, 2.24) is 4.90 Å². The van der Waals surface area contributed by atoms with E-state index in [4.69, 9.17) is 33.7 Å². The number of ether oxygens (including phenoxy) is 1. The van der Waals surface area contributed by atoms with Crippen LogP contribution in [-0.4, -0.2) is 50.8 Å². The number of rotatable bonds is 5. The van der Waals surface area contributed by atoms with Gasteiger partial charge in [-0.05, 0) is 56.7 Å². The van der Waals surface area contributed by atoms with Crippen molar-refractivity contribution in [1.29, 1.82) is 0 Å². The highest BCUT2D eigenvalue weighted by molar-refractivity contribution is 6.44. The molecule has 1 aliphatic heterocycles. The summed E-state index contributed by atoms with van der Waals surface area (Å²) in [7, 11) is 1.61. The summed E-state index contributed by atoms with van der Waals surface area (Å²) in [5.41, 5.74) is 7.01. The van der Waals surface area contributed by atoms with Crippen LogP contribution in [0.2, 0.25) is 10.0 Å². The third-order valence-corrected chi connectivity index (χ3v) is 6.56. The van der Waals surface area contributed by atoms with E-state index in [1.807, 2.05) is 12.1 Å². The number of hydrogen-bond donors (Lipinski definition) is 1. The van der Waals surface area contributed by atoms with Crippen molar-refractivity contribution in [2.24, 2.45) is 11.7 Å². The van der Waals surface area contributed by atoms with Crippen molar-refractivity contribution in [2.75, 3.05) is 44.7 Å². The van der Waals surface area contributed by atoms with Crippen LogP contribution in [-0.2, 0) is 0 Å². The Morgan fingerprint density at radius 3 is 2.22 bits per heavy atom. The van der Waals surface area contributed by atoms with Gasteiger partial charge in [-0.3, -0.25) is 4.90 Å². The standard InChI is InChI=1S/C19H29Cl2N3O.2ClH/c1-25-17-7-6-16(18(20)19(17)21)24-12-10-23(11-13-24)9-8-14-2-4-15(22)5-3-14;;/h6-7,14-15H,2-5,8-13,22H2,1H3;2*1H/t14-,15-;;. The maximum Gasteiger partial charge on any atom is 0.139 e. The van der Waals surface area contributed by atoms with Gasteiger partial charge < -0.3 is 15.4 Å². The molecule has 156 valence electrons. The van der Waals surface area contributed by atoms with E-state index in [-0.39, 0.29) is 24.8 Å². The summed E-state index contributed by atoms with van der Waals surface area (Å²) in [6.45, 7) is 5.32. The maximum atomic E-state index is 6.44. The minimum Gasteiger partial charge on any atom is -0.495 e. The van der Waals surface area contributed by atoms with Crippen LogP contribution in [0.25, 0.3) is 0 Å². The fraction of sp³-hybridized carbons (Fsp3) is 0.684. The lowest BCUT2D eigenvalue weighted by Gasteiger charge is -2.37. The normalized spacial score (nSPS) is 23.3. The highest BCUT2D eigenvalue weighted by Crippen LogP contribution is 2.39. The number of halogens is 4. The molecule has 0 radical (unpaired) electrons. The first-order valence-electron chi connectivity index (χ1n) is 9.33. The van der Waals surface area contributed by atoms with E-state index < -0.39 is 0 Å². The first-order valence-corrected chi connectivity index (χ1v) is 10.1. The van der Waals surface area contributed by atoms with Gasteiger partial charge in [-0.1, -0.05) is 23.2 Å². The van der Waals surface area contributed by atoms with Crippen molar-refractivity contribution in [3.8, 4) is 5.75 Å². The predicted octanol–water partition coefficient (Wildman–Crippen LogP) is 4.88. The average Bonchev–Trinajstić information content (AvgIpc) is 2.64. The Labute approximate surface area is 185 Å². The second-order valence-corrected chi connectivity index (χ2v) is 8.07. The van der Waals surface area contributed by atoms with E-state index in [1.54, 1.807) is 7.11 Å². The summed E-state index contributed by atoms with van der Waals surface area (Å²) in [5, 5.41) is 1.09. The monoisotopic (exact) mass is 457 g/mol. The van der Waals surface area contributed by atoms with Crippen molar-refractivity contribution in [3.63, 3.8) is 0 Å². The molecule has 1 heterocycles. The maximum absolute atomic E-state index is 6.44. The third-order valence-electron chi connectivity index (χ3n) is 5.70. The second kappa shape index (κ2) is 11.8. The molecule has 8 heteroatoms. The molecule has 1 aliphatic carbocycles. The van der Waals surface area contributed by atoms with E-state index in [0.29, 0.717) is 21.8 Å². The van der Waals surface area contributed by atoms with Gasteiger partial charge >= 0.3 is 0 Å². The molecule has 1 aromatic carbocycles. The molecule has 2 fully saturated rings. The Balaban J connectivity index is 0.00000182. The zero-order valence-corrected chi connectivity index (χ0v) is 19.0. The Hall–Kier alpha value is -0.100. The van der Waals surface area contributed by atoms with E-state index in [9.17, 15) is 0 Å². The summed E-state index contributed by atoms with van der Waals surface area (Å²) in [4.78, 5) is 4.90. The number of anilines is 1. The highest BCUT2D eigenvalue weighted by atomic mass is 35.5. The molecule has 1 saturated carbocycles. The zero-order valence-electron chi connectivity index (χ0n) is 15.8. The number of hydrogen-bond acceptors (Lipinski definition) is 4. The van der Waals surface area contributed by atoms with Gasteiger partial charge in [-0.15, -0.1) is 24.8 Å². The minimum absolute atomic E-state index is 0. The number of nitrogens with zero attached hydrogens (tertiary/aromatic N) is 2. The average molecular weight is 459 g/mol. The Bertz CT molecular complexity index is 574. The quantitative estimate of drug-likeness (QED) is 0.682. The van der Waals surface area contributed by atoms with Crippen molar-refractivity contribution >= 4 is 53.7 Å². The number of nitrogens with two attached hydrogens (primary N) is 1.